The van der Waals surface area contributed by atoms with Crippen molar-refractivity contribution in [1.29, 1.82) is 0 Å². The van der Waals surface area contributed by atoms with Gasteiger partial charge in [-0.15, -0.1) is 12.4 Å². The van der Waals surface area contributed by atoms with E-state index >= 15 is 0 Å². The molecule has 0 aliphatic carbocycles. The first-order valence-corrected chi connectivity index (χ1v) is 4.68. The molecule has 1 aromatic carbocycles. The van der Waals surface area contributed by atoms with Crippen LogP contribution in [0.5, 0.6) is 0 Å². The zero-order valence-electron chi connectivity index (χ0n) is 7.93. The van der Waals surface area contributed by atoms with Gasteiger partial charge in [-0.3, -0.25) is 0 Å². The van der Waals surface area contributed by atoms with E-state index in [9.17, 15) is 0 Å². The molecule has 80 valence electrons. The van der Waals surface area contributed by atoms with Crippen molar-refractivity contribution in [2.75, 3.05) is 0 Å². The normalized spacial score (nSPS) is 9.73. The lowest BCUT2D eigenvalue weighted by Crippen LogP contribution is -2.06. The van der Waals surface area contributed by atoms with Crippen molar-refractivity contribution in [3.05, 3.63) is 47.2 Å². The molecule has 3 nitrogen and oxygen atoms in total. The molecule has 2 rings (SSSR count). The number of hydrogen-bond acceptors (Lipinski definition) is 2. The predicted octanol–water partition coefficient (Wildman–Crippen LogP) is 2.41. The van der Waals surface area contributed by atoms with Crippen LogP contribution in [0.15, 0.2) is 36.5 Å². The first-order chi connectivity index (χ1) is 6.81. The van der Waals surface area contributed by atoms with Gasteiger partial charge < -0.3 is 5.73 Å². The van der Waals surface area contributed by atoms with E-state index in [2.05, 4.69) is 5.10 Å². The van der Waals surface area contributed by atoms with Gasteiger partial charge in [-0.05, 0) is 30.3 Å². The molecule has 0 radical (unpaired) electrons. The molecule has 1 heterocycles. The summed E-state index contributed by atoms with van der Waals surface area (Å²) in [6.07, 6.45) is 1.73. The van der Waals surface area contributed by atoms with Crippen LogP contribution in [0.4, 0.5) is 0 Å². The van der Waals surface area contributed by atoms with E-state index in [0.717, 1.165) is 16.4 Å². The van der Waals surface area contributed by atoms with Crippen LogP contribution >= 0.6 is 24.0 Å². The Morgan fingerprint density at radius 1 is 1.20 bits per heavy atom. The number of nitrogens with zero attached hydrogens (tertiary/aromatic N) is 2. The smallest absolute Gasteiger partial charge is 0.0650 e. The summed E-state index contributed by atoms with van der Waals surface area (Å²) in [7, 11) is 0. The Morgan fingerprint density at radius 3 is 2.47 bits per heavy atom. The van der Waals surface area contributed by atoms with Crippen LogP contribution in [0, 0.1) is 0 Å². The lowest BCUT2D eigenvalue weighted by molar-refractivity contribution is 0.804. The molecule has 1 aromatic heterocycles. The Morgan fingerprint density at radius 2 is 1.87 bits per heavy atom. The second-order valence-corrected chi connectivity index (χ2v) is 3.35. The molecule has 0 bridgehead atoms. The maximum absolute atomic E-state index is 5.79. The lowest BCUT2D eigenvalue weighted by Gasteiger charge is -2.05. The van der Waals surface area contributed by atoms with Crippen LogP contribution in [0.25, 0.3) is 5.69 Å². The van der Waals surface area contributed by atoms with Gasteiger partial charge in [-0.25, -0.2) is 4.68 Å². The van der Waals surface area contributed by atoms with Crippen molar-refractivity contribution in [2.24, 2.45) is 5.73 Å². The Balaban J connectivity index is 0.00000112. The third-order valence-corrected chi connectivity index (χ3v) is 2.25. The third-order valence-electron chi connectivity index (χ3n) is 2.00. The van der Waals surface area contributed by atoms with Crippen LogP contribution in [0.2, 0.25) is 5.02 Å². The maximum atomic E-state index is 5.79. The Kier molecular flexibility index (Phi) is 4.15. The number of halogens is 2. The monoisotopic (exact) mass is 243 g/mol. The highest BCUT2D eigenvalue weighted by atomic mass is 35.5. The average Bonchev–Trinajstić information content (AvgIpc) is 2.67. The van der Waals surface area contributed by atoms with E-state index < -0.39 is 0 Å². The van der Waals surface area contributed by atoms with Crippen molar-refractivity contribution in [3.63, 3.8) is 0 Å². The van der Waals surface area contributed by atoms with Crippen LogP contribution < -0.4 is 5.73 Å². The van der Waals surface area contributed by atoms with E-state index in [0.29, 0.717) is 6.54 Å². The van der Waals surface area contributed by atoms with Crippen molar-refractivity contribution in [3.8, 4) is 5.69 Å². The minimum absolute atomic E-state index is 0. The average molecular weight is 244 g/mol. The summed E-state index contributed by atoms with van der Waals surface area (Å²) in [5.74, 6) is 0. The summed E-state index contributed by atoms with van der Waals surface area (Å²) >= 11 is 5.79. The molecule has 0 saturated heterocycles. The molecule has 0 unspecified atom stereocenters. The van der Waals surface area contributed by atoms with Gasteiger partial charge in [0.05, 0.1) is 11.4 Å². The second-order valence-electron chi connectivity index (χ2n) is 2.91. The van der Waals surface area contributed by atoms with E-state index in [1.807, 2.05) is 30.3 Å². The van der Waals surface area contributed by atoms with Crippen molar-refractivity contribution in [2.45, 2.75) is 6.54 Å². The van der Waals surface area contributed by atoms with E-state index in [-0.39, 0.29) is 12.4 Å². The molecule has 0 spiro atoms. The molecular weight excluding hydrogens is 233 g/mol. The molecule has 2 aromatic rings. The van der Waals surface area contributed by atoms with E-state index in [4.69, 9.17) is 17.3 Å². The maximum Gasteiger partial charge on any atom is 0.0650 e. The van der Waals surface area contributed by atoms with Crippen LogP contribution in [-0.2, 0) is 6.54 Å². The lowest BCUT2D eigenvalue weighted by atomic mass is 10.3. The molecule has 0 aliphatic heterocycles. The summed E-state index contributed by atoms with van der Waals surface area (Å²) in [6, 6.07) is 9.38. The third kappa shape index (κ3) is 2.50. The summed E-state index contributed by atoms with van der Waals surface area (Å²) in [4.78, 5) is 0. The van der Waals surface area contributed by atoms with Gasteiger partial charge >= 0.3 is 0 Å². The fraction of sp³-hybridized carbons (Fsp3) is 0.100. The van der Waals surface area contributed by atoms with E-state index in [1.165, 1.54) is 0 Å². The van der Waals surface area contributed by atoms with Crippen LogP contribution in [0.3, 0.4) is 0 Å². The molecule has 0 fully saturated rings. The first kappa shape index (κ1) is 12.0. The summed E-state index contributed by atoms with van der Waals surface area (Å²) in [5, 5.41) is 4.90. The number of rotatable bonds is 2. The second kappa shape index (κ2) is 5.16. The molecule has 0 saturated carbocycles. The number of benzene rings is 1. The Labute approximate surface area is 99.3 Å². The van der Waals surface area contributed by atoms with Gasteiger partial charge in [0, 0.05) is 17.8 Å². The Hall–Kier alpha value is -1.03. The molecule has 5 heteroatoms. The number of nitrogens with two attached hydrogens (primary N) is 1. The molecule has 0 amide bonds. The van der Waals surface area contributed by atoms with Gasteiger partial charge in [-0.1, -0.05) is 11.6 Å². The minimum atomic E-state index is 0. The van der Waals surface area contributed by atoms with Crippen LogP contribution in [0.1, 0.15) is 5.69 Å². The fourth-order valence-electron chi connectivity index (χ4n) is 1.30. The highest BCUT2D eigenvalue weighted by Crippen LogP contribution is 2.14. The quantitative estimate of drug-likeness (QED) is 0.881. The molecule has 0 atom stereocenters. The van der Waals surface area contributed by atoms with E-state index in [1.54, 1.807) is 10.9 Å². The number of aromatic nitrogens is 2. The first-order valence-electron chi connectivity index (χ1n) is 4.30. The van der Waals surface area contributed by atoms with Crippen molar-refractivity contribution in [1.82, 2.24) is 9.78 Å². The molecule has 2 N–H and O–H groups in total. The number of hydrogen-bond donors (Lipinski definition) is 1. The summed E-state index contributed by atoms with van der Waals surface area (Å²) in [6.45, 7) is 0.475. The largest absolute Gasteiger partial charge is 0.325 e. The van der Waals surface area contributed by atoms with Gasteiger partial charge in [0.15, 0.2) is 0 Å². The summed E-state index contributed by atoms with van der Waals surface area (Å²) < 4.78 is 1.80. The standard InChI is InChI=1S/C10H10ClN3.ClH/c11-8-1-3-9(4-2-8)14-10(7-12)5-6-13-14;/h1-6H,7,12H2;1H. The van der Waals surface area contributed by atoms with Gasteiger partial charge in [0.1, 0.15) is 0 Å². The SMILES string of the molecule is Cl.NCc1ccnn1-c1ccc(Cl)cc1. The fourth-order valence-corrected chi connectivity index (χ4v) is 1.43. The van der Waals surface area contributed by atoms with Gasteiger partial charge in [-0.2, -0.15) is 5.10 Å². The zero-order valence-corrected chi connectivity index (χ0v) is 9.50. The summed E-state index contributed by atoms with van der Waals surface area (Å²) in [5.41, 5.74) is 7.53. The van der Waals surface area contributed by atoms with Crippen LogP contribution in [-0.4, -0.2) is 9.78 Å². The minimum Gasteiger partial charge on any atom is -0.325 e. The molecule has 15 heavy (non-hydrogen) atoms. The van der Waals surface area contributed by atoms with Gasteiger partial charge in [0.2, 0.25) is 0 Å². The van der Waals surface area contributed by atoms with Gasteiger partial charge in [0.25, 0.3) is 0 Å². The zero-order chi connectivity index (χ0) is 9.97. The van der Waals surface area contributed by atoms with Crippen molar-refractivity contribution < 1.29 is 0 Å². The molecular formula is C10H11Cl2N3. The topological polar surface area (TPSA) is 43.8 Å². The molecule has 0 aliphatic rings. The highest BCUT2D eigenvalue weighted by molar-refractivity contribution is 6.30. The van der Waals surface area contributed by atoms with Crippen molar-refractivity contribution >= 4 is 24.0 Å². The Bertz CT molecular complexity index is 422. The highest BCUT2D eigenvalue weighted by Gasteiger charge is 2.01. The predicted molar refractivity (Wildman–Crippen MR) is 63.7 cm³/mol.